The van der Waals surface area contributed by atoms with Crippen molar-refractivity contribution in [2.24, 2.45) is 22.9 Å². The number of phenolic OH excluding ortho intramolecular Hbond substituents is 1. The maximum absolute atomic E-state index is 12.8. The summed E-state index contributed by atoms with van der Waals surface area (Å²) in [5.74, 6) is -0.365. The molecular weight excluding hydrogens is 544 g/mol. The fourth-order valence-electron chi connectivity index (χ4n) is 5.24. The quantitative estimate of drug-likeness (QED) is 0.146. The van der Waals surface area contributed by atoms with Gasteiger partial charge in [-0.3, -0.25) is 14.9 Å². The van der Waals surface area contributed by atoms with Gasteiger partial charge in [0.2, 0.25) is 23.6 Å². The van der Waals surface area contributed by atoms with Crippen molar-refractivity contribution in [3.05, 3.63) is 58.1 Å². The van der Waals surface area contributed by atoms with Crippen LogP contribution in [0.1, 0.15) is 23.2 Å². The molecule has 2 saturated heterocycles. The lowest BCUT2D eigenvalue weighted by atomic mass is 10.0. The van der Waals surface area contributed by atoms with Crippen LogP contribution in [0.2, 0.25) is 0 Å². The molecule has 0 spiro atoms. The lowest BCUT2D eigenvalue weighted by Gasteiger charge is -2.37. The van der Waals surface area contributed by atoms with Gasteiger partial charge in [-0.1, -0.05) is 12.1 Å². The highest BCUT2D eigenvalue weighted by molar-refractivity contribution is 6.07. The average molecular weight is 579 g/mol. The van der Waals surface area contributed by atoms with Gasteiger partial charge in [0.1, 0.15) is 0 Å². The number of nitro groups is 1. The Balaban J connectivity index is 1.41. The molecule has 0 aliphatic carbocycles. The molecule has 3 aromatic rings. The van der Waals surface area contributed by atoms with Crippen LogP contribution in [0, 0.1) is 10.1 Å². The highest BCUT2D eigenvalue weighted by Crippen LogP contribution is 2.30. The number of phenols is 1. The molecule has 0 radical (unpaired) electrons. The predicted molar refractivity (Wildman–Crippen MR) is 158 cm³/mol. The summed E-state index contributed by atoms with van der Waals surface area (Å²) in [5.41, 5.74) is 25.0. The van der Waals surface area contributed by atoms with Gasteiger partial charge in [-0.15, -0.1) is 0 Å². The molecule has 1 aromatic heterocycles. The van der Waals surface area contributed by atoms with Gasteiger partial charge in [-0.2, -0.15) is 15.0 Å². The molecule has 1 amide bonds. The zero-order valence-electron chi connectivity index (χ0n) is 22.8. The lowest BCUT2D eigenvalue weighted by molar-refractivity contribution is -0.385. The number of rotatable bonds is 7. The SMILES string of the molecule is N[C@@H]1C[C@H](N)CN(c2nc(Nc3cccc(NC(=O)c4cccc([N+](=O)[O-])c4O)c3)nc(N3C[C@H](N)C[C@H](N)C3)n2)C1. The number of para-hydroxylation sites is 1. The molecular formula is C26H34N12O4. The molecule has 11 N–H and O–H groups in total. The van der Waals surface area contributed by atoms with Crippen molar-refractivity contribution >= 4 is 40.8 Å². The third-order valence-electron chi connectivity index (χ3n) is 7.04. The number of aromatic hydroxyl groups is 1. The van der Waals surface area contributed by atoms with Gasteiger partial charge >= 0.3 is 5.69 Å². The Morgan fingerprint density at radius 3 is 1.93 bits per heavy atom. The van der Waals surface area contributed by atoms with Crippen LogP contribution >= 0.6 is 0 Å². The van der Waals surface area contributed by atoms with Crippen LogP contribution in [0.4, 0.5) is 34.9 Å². The number of amides is 1. The molecule has 0 saturated carbocycles. The van der Waals surface area contributed by atoms with Crippen LogP contribution in [0.5, 0.6) is 5.75 Å². The van der Waals surface area contributed by atoms with Crippen LogP contribution in [0.15, 0.2) is 42.5 Å². The second-order valence-corrected chi connectivity index (χ2v) is 10.7. The predicted octanol–water partition coefficient (Wildman–Crippen LogP) is 0.211. The van der Waals surface area contributed by atoms with Crippen molar-refractivity contribution in [1.29, 1.82) is 0 Å². The number of nitrogens with one attached hydrogen (secondary N) is 2. The summed E-state index contributed by atoms with van der Waals surface area (Å²) in [6.07, 6.45) is 1.39. The van der Waals surface area contributed by atoms with Crippen LogP contribution in [-0.2, 0) is 0 Å². The standard InChI is InChI=1S/C26H34N12O4/c27-14-7-15(28)11-36(10-14)25-33-24(34-26(35-25)37-12-16(29)8-17(30)13-37)32-19-4-1-3-18(9-19)31-23(40)20-5-2-6-21(22(20)39)38(41)42/h1-6,9,14-17,39H,7-8,10-13,27-30H2,(H,31,40)(H,32,33,34,35)/t14-,15+,16-,17+. The molecule has 3 heterocycles. The summed E-state index contributed by atoms with van der Waals surface area (Å²) in [6.45, 7) is 2.12. The summed E-state index contributed by atoms with van der Waals surface area (Å²) in [4.78, 5) is 41.1. The summed E-state index contributed by atoms with van der Waals surface area (Å²) in [7, 11) is 0. The van der Waals surface area contributed by atoms with Gasteiger partial charge in [0.05, 0.1) is 10.5 Å². The fraction of sp³-hybridized carbons (Fsp3) is 0.385. The Hall–Kier alpha value is -4.64. The first-order valence-electron chi connectivity index (χ1n) is 13.5. The first kappa shape index (κ1) is 28.9. The molecule has 2 aromatic carbocycles. The van der Waals surface area contributed by atoms with E-state index < -0.39 is 22.3 Å². The van der Waals surface area contributed by atoms with Crippen molar-refractivity contribution in [2.45, 2.75) is 37.0 Å². The number of benzene rings is 2. The third kappa shape index (κ3) is 6.63. The Kier molecular flexibility index (Phi) is 8.30. The van der Waals surface area contributed by atoms with Crippen LogP contribution in [-0.4, -0.2) is 81.2 Å². The Labute approximate surface area is 241 Å². The monoisotopic (exact) mass is 578 g/mol. The highest BCUT2D eigenvalue weighted by Gasteiger charge is 2.29. The van der Waals surface area contributed by atoms with E-state index in [1.54, 1.807) is 24.3 Å². The van der Waals surface area contributed by atoms with Gasteiger partial charge in [-0.25, -0.2) is 0 Å². The number of anilines is 5. The smallest absolute Gasteiger partial charge is 0.311 e. The van der Waals surface area contributed by atoms with E-state index in [-0.39, 0.29) is 35.7 Å². The fourth-order valence-corrected chi connectivity index (χ4v) is 5.24. The number of carbonyl (C=O) groups is 1. The van der Waals surface area contributed by atoms with E-state index in [1.807, 2.05) is 9.80 Å². The zero-order chi connectivity index (χ0) is 30.0. The number of piperidine rings is 2. The molecule has 16 heteroatoms. The molecule has 222 valence electrons. The number of aromatic nitrogens is 3. The van der Waals surface area contributed by atoms with Gasteiger partial charge in [0.15, 0.2) is 0 Å². The minimum absolute atomic E-state index is 0.131. The van der Waals surface area contributed by atoms with E-state index in [9.17, 15) is 20.0 Å². The highest BCUT2D eigenvalue weighted by atomic mass is 16.6. The van der Waals surface area contributed by atoms with E-state index in [0.717, 1.165) is 6.07 Å². The molecule has 2 aliphatic rings. The molecule has 16 nitrogen and oxygen atoms in total. The van der Waals surface area contributed by atoms with E-state index in [0.29, 0.717) is 62.3 Å². The normalized spacial score (nSPS) is 22.5. The third-order valence-corrected chi connectivity index (χ3v) is 7.04. The Morgan fingerprint density at radius 2 is 1.38 bits per heavy atom. The van der Waals surface area contributed by atoms with Crippen LogP contribution in [0.3, 0.4) is 0 Å². The van der Waals surface area contributed by atoms with E-state index in [4.69, 9.17) is 27.9 Å². The second kappa shape index (κ2) is 12.1. The van der Waals surface area contributed by atoms with Gasteiger partial charge in [0.25, 0.3) is 5.91 Å². The van der Waals surface area contributed by atoms with Crippen LogP contribution in [0.25, 0.3) is 0 Å². The largest absolute Gasteiger partial charge is 0.502 e. The van der Waals surface area contributed by atoms with Gasteiger partial charge in [-0.05, 0) is 37.1 Å². The molecule has 42 heavy (non-hydrogen) atoms. The molecule has 2 aliphatic heterocycles. The minimum atomic E-state index is -0.760. The maximum Gasteiger partial charge on any atom is 0.311 e. The maximum atomic E-state index is 12.8. The zero-order valence-corrected chi connectivity index (χ0v) is 22.8. The van der Waals surface area contributed by atoms with Crippen LogP contribution < -0.4 is 43.4 Å². The van der Waals surface area contributed by atoms with E-state index >= 15 is 0 Å². The molecule has 0 bridgehead atoms. The van der Waals surface area contributed by atoms with Gasteiger partial charge < -0.3 is 48.5 Å². The number of nitro benzene ring substituents is 1. The molecule has 0 unspecified atom stereocenters. The first-order chi connectivity index (χ1) is 20.0. The van der Waals surface area contributed by atoms with E-state index in [2.05, 4.69) is 20.6 Å². The van der Waals surface area contributed by atoms with Gasteiger partial charge in [0, 0.05) is 67.8 Å². The summed E-state index contributed by atoms with van der Waals surface area (Å²) in [5, 5.41) is 27.2. The van der Waals surface area contributed by atoms with Crippen molar-refractivity contribution in [3.8, 4) is 5.75 Å². The number of carbonyl (C=O) groups excluding carboxylic acids is 1. The average Bonchev–Trinajstić information content (AvgIpc) is 2.92. The van der Waals surface area contributed by atoms with Crippen molar-refractivity contribution in [2.75, 3.05) is 46.6 Å². The first-order valence-corrected chi connectivity index (χ1v) is 13.5. The number of nitrogens with two attached hydrogens (primary N) is 4. The summed E-state index contributed by atoms with van der Waals surface area (Å²) >= 11 is 0. The number of hydrogen-bond donors (Lipinski definition) is 7. The topological polar surface area (TPSA) is 254 Å². The Morgan fingerprint density at radius 1 is 0.857 bits per heavy atom. The second-order valence-electron chi connectivity index (χ2n) is 10.7. The molecule has 4 atom stereocenters. The van der Waals surface area contributed by atoms with E-state index in [1.165, 1.54) is 12.1 Å². The summed E-state index contributed by atoms with van der Waals surface area (Å²) in [6, 6.07) is 9.92. The molecule has 2 fully saturated rings. The summed E-state index contributed by atoms with van der Waals surface area (Å²) < 4.78 is 0. The van der Waals surface area contributed by atoms with Crippen molar-refractivity contribution < 1.29 is 14.8 Å². The lowest BCUT2D eigenvalue weighted by Crippen LogP contribution is -2.54. The van der Waals surface area contributed by atoms with Crippen molar-refractivity contribution in [3.63, 3.8) is 0 Å². The Bertz CT molecular complexity index is 1410. The minimum Gasteiger partial charge on any atom is -0.502 e. The molecule has 5 rings (SSSR count). The number of nitrogens with zero attached hydrogens (tertiary/aromatic N) is 6. The number of hydrogen-bond acceptors (Lipinski definition) is 14. The van der Waals surface area contributed by atoms with Crippen molar-refractivity contribution in [1.82, 2.24) is 15.0 Å².